The molecule has 0 radical (unpaired) electrons. The Labute approximate surface area is 156 Å². The summed E-state index contributed by atoms with van der Waals surface area (Å²) in [5, 5.41) is 3.06. The van der Waals surface area contributed by atoms with Crippen molar-refractivity contribution in [1.82, 2.24) is 9.97 Å². The van der Waals surface area contributed by atoms with Gasteiger partial charge < -0.3 is 10.2 Å². The van der Waals surface area contributed by atoms with Crippen LogP contribution in [-0.4, -0.2) is 21.9 Å². The van der Waals surface area contributed by atoms with Crippen LogP contribution in [0, 0.1) is 5.82 Å². The summed E-state index contributed by atoms with van der Waals surface area (Å²) < 4.78 is 13.8. The number of carbonyl (C=O) groups excluding carboxylic acids is 1. The van der Waals surface area contributed by atoms with Gasteiger partial charge in [0.2, 0.25) is 0 Å². The number of halogens is 1. The van der Waals surface area contributed by atoms with Gasteiger partial charge in [0.25, 0.3) is 5.91 Å². The minimum absolute atomic E-state index is 0.0692. The van der Waals surface area contributed by atoms with E-state index in [1.807, 2.05) is 31.2 Å². The van der Waals surface area contributed by atoms with Crippen molar-refractivity contribution in [3.63, 3.8) is 0 Å². The maximum Gasteiger partial charge on any atom is 0.277 e. The summed E-state index contributed by atoms with van der Waals surface area (Å²) in [5.74, 6) is 0.0402. The lowest BCUT2D eigenvalue weighted by molar-refractivity contribution is 0.0976. The van der Waals surface area contributed by atoms with Crippen LogP contribution in [0.25, 0.3) is 0 Å². The predicted octanol–water partition coefficient (Wildman–Crippen LogP) is 3.82. The number of amides is 1. The van der Waals surface area contributed by atoms with Gasteiger partial charge in [-0.3, -0.25) is 4.79 Å². The highest BCUT2D eigenvalue weighted by Crippen LogP contribution is 2.32. The number of nitrogens with one attached hydrogen (secondary N) is 1. The Morgan fingerprint density at radius 3 is 2.81 bits per heavy atom. The number of hydrogen-bond donors (Lipinski definition) is 1. The Morgan fingerprint density at radius 1 is 1.19 bits per heavy atom. The minimum Gasteiger partial charge on any atom is -0.366 e. The van der Waals surface area contributed by atoms with Gasteiger partial charge in [-0.2, -0.15) is 0 Å². The first kappa shape index (κ1) is 17.1. The number of carbonyl (C=O) groups is 1. The van der Waals surface area contributed by atoms with E-state index < -0.39 is 0 Å². The van der Waals surface area contributed by atoms with E-state index in [0.29, 0.717) is 17.1 Å². The molecule has 1 N–H and O–H groups in total. The van der Waals surface area contributed by atoms with E-state index in [0.717, 1.165) is 17.7 Å². The van der Waals surface area contributed by atoms with Crippen LogP contribution in [0.2, 0.25) is 0 Å². The molecule has 27 heavy (non-hydrogen) atoms. The molecule has 2 heterocycles. The van der Waals surface area contributed by atoms with Crippen LogP contribution in [-0.2, 0) is 13.0 Å². The highest BCUT2D eigenvalue weighted by molar-refractivity contribution is 6.06. The molecule has 0 fully saturated rings. The van der Waals surface area contributed by atoms with Crippen LogP contribution in [0.15, 0.2) is 60.9 Å². The van der Waals surface area contributed by atoms with E-state index in [1.54, 1.807) is 29.2 Å². The Kier molecular flexibility index (Phi) is 4.54. The van der Waals surface area contributed by atoms with Crippen molar-refractivity contribution in [2.75, 3.05) is 10.2 Å². The Bertz CT molecular complexity index is 991. The van der Waals surface area contributed by atoms with Gasteiger partial charge in [0, 0.05) is 29.9 Å². The maximum absolute atomic E-state index is 13.8. The number of hydrogen-bond acceptors (Lipinski definition) is 4. The van der Waals surface area contributed by atoms with Crippen molar-refractivity contribution in [1.29, 1.82) is 0 Å². The number of para-hydroxylation sites is 1. The predicted molar refractivity (Wildman–Crippen MR) is 102 cm³/mol. The smallest absolute Gasteiger partial charge is 0.277 e. The summed E-state index contributed by atoms with van der Waals surface area (Å²) >= 11 is 0. The van der Waals surface area contributed by atoms with Gasteiger partial charge in [-0.05, 0) is 31.0 Å². The fraction of sp³-hybridized carbons (Fsp3) is 0.190. The fourth-order valence-corrected chi connectivity index (χ4v) is 3.40. The lowest BCUT2D eigenvalue weighted by Crippen LogP contribution is -2.36. The van der Waals surface area contributed by atoms with Crippen LogP contribution in [0.3, 0.4) is 0 Å². The third kappa shape index (κ3) is 3.38. The van der Waals surface area contributed by atoms with E-state index >= 15 is 0 Å². The van der Waals surface area contributed by atoms with Crippen molar-refractivity contribution in [2.24, 2.45) is 0 Å². The van der Waals surface area contributed by atoms with Crippen LogP contribution in [0.1, 0.15) is 28.5 Å². The molecule has 5 nitrogen and oxygen atoms in total. The molecule has 1 aromatic heterocycles. The summed E-state index contributed by atoms with van der Waals surface area (Å²) in [7, 11) is 0. The molecule has 0 aliphatic carbocycles. The first-order chi connectivity index (χ1) is 13.1. The van der Waals surface area contributed by atoms with Gasteiger partial charge in [0.15, 0.2) is 0 Å². The van der Waals surface area contributed by atoms with Gasteiger partial charge in [-0.15, -0.1) is 0 Å². The molecule has 4 rings (SSSR count). The number of aromatic nitrogens is 2. The largest absolute Gasteiger partial charge is 0.366 e. The van der Waals surface area contributed by atoms with Crippen LogP contribution >= 0.6 is 0 Å². The van der Waals surface area contributed by atoms with Crippen LogP contribution in [0.4, 0.5) is 15.9 Å². The van der Waals surface area contributed by atoms with E-state index in [4.69, 9.17) is 0 Å². The molecular formula is C21H19FN4O. The van der Waals surface area contributed by atoms with E-state index in [2.05, 4.69) is 15.3 Å². The average molecular weight is 362 g/mol. The van der Waals surface area contributed by atoms with Gasteiger partial charge in [-0.25, -0.2) is 14.4 Å². The van der Waals surface area contributed by atoms with Crippen molar-refractivity contribution < 1.29 is 9.18 Å². The molecule has 1 amide bonds. The van der Waals surface area contributed by atoms with Gasteiger partial charge >= 0.3 is 0 Å². The monoisotopic (exact) mass is 362 g/mol. The number of benzene rings is 2. The molecular weight excluding hydrogens is 343 g/mol. The molecule has 3 aromatic rings. The van der Waals surface area contributed by atoms with E-state index in [1.165, 1.54) is 12.4 Å². The number of rotatable bonds is 4. The standard InChI is InChI=1S/C21H19FN4O/c1-14-10-15-6-3-5-9-19(15)26(14)21(27)18-11-20(25-13-24-18)23-12-16-7-2-4-8-17(16)22/h2-9,11,13-14H,10,12H2,1H3,(H,23,24,25). The second-order valence-corrected chi connectivity index (χ2v) is 6.59. The summed E-state index contributed by atoms with van der Waals surface area (Å²) in [6.07, 6.45) is 2.18. The molecule has 6 heteroatoms. The lowest BCUT2D eigenvalue weighted by Gasteiger charge is -2.22. The third-order valence-electron chi connectivity index (χ3n) is 4.73. The zero-order chi connectivity index (χ0) is 18.8. The minimum atomic E-state index is -0.280. The highest BCUT2D eigenvalue weighted by Gasteiger charge is 2.31. The van der Waals surface area contributed by atoms with Crippen molar-refractivity contribution >= 4 is 17.4 Å². The first-order valence-corrected chi connectivity index (χ1v) is 8.84. The summed E-state index contributed by atoms with van der Waals surface area (Å²) in [5.41, 5.74) is 2.93. The Balaban J connectivity index is 1.54. The Morgan fingerprint density at radius 2 is 1.96 bits per heavy atom. The zero-order valence-corrected chi connectivity index (χ0v) is 14.9. The number of fused-ring (bicyclic) bond motifs is 1. The van der Waals surface area contributed by atoms with Gasteiger partial charge in [-0.1, -0.05) is 36.4 Å². The Hall–Kier alpha value is -3.28. The first-order valence-electron chi connectivity index (χ1n) is 8.84. The van der Waals surface area contributed by atoms with Crippen molar-refractivity contribution in [3.05, 3.63) is 83.6 Å². The molecule has 0 bridgehead atoms. The molecule has 1 aliphatic heterocycles. The molecule has 0 saturated carbocycles. The second-order valence-electron chi connectivity index (χ2n) is 6.59. The van der Waals surface area contributed by atoms with Crippen molar-refractivity contribution in [3.8, 4) is 0 Å². The molecule has 136 valence electrons. The molecule has 0 saturated heterocycles. The van der Waals surface area contributed by atoms with Crippen LogP contribution < -0.4 is 10.2 Å². The molecule has 1 aliphatic rings. The zero-order valence-electron chi connectivity index (χ0n) is 14.9. The quantitative estimate of drug-likeness (QED) is 0.767. The van der Waals surface area contributed by atoms with E-state index in [-0.39, 0.29) is 24.3 Å². The topological polar surface area (TPSA) is 58.1 Å². The lowest BCUT2D eigenvalue weighted by atomic mass is 10.1. The normalized spacial score (nSPS) is 15.5. The molecule has 2 aromatic carbocycles. The third-order valence-corrected chi connectivity index (χ3v) is 4.73. The SMILES string of the molecule is CC1Cc2ccccc2N1C(=O)c1cc(NCc2ccccc2F)ncn1. The average Bonchev–Trinajstić information content (AvgIpc) is 3.02. The second kappa shape index (κ2) is 7.15. The summed E-state index contributed by atoms with van der Waals surface area (Å²) in [4.78, 5) is 23.1. The highest BCUT2D eigenvalue weighted by atomic mass is 19.1. The molecule has 1 unspecified atom stereocenters. The summed E-state index contributed by atoms with van der Waals surface area (Å²) in [6.45, 7) is 2.30. The molecule has 1 atom stereocenters. The fourth-order valence-electron chi connectivity index (χ4n) is 3.40. The maximum atomic E-state index is 13.8. The van der Waals surface area contributed by atoms with Gasteiger partial charge in [0.05, 0.1) is 0 Å². The van der Waals surface area contributed by atoms with Crippen molar-refractivity contribution in [2.45, 2.75) is 25.9 Å². The number of anilines is 2. The van der Waals surface area contributed by atoms with Gasteiger partial charge in [0.1, 0.15) is 23.7 Å². The summed E-state index contributed by atoms with van der Waals surface area (Å²) in [6, 6.07) is 16.1. The number of nitrogens with zero attached hydrogens (tertiary/aromatic N) is 3. The molecule has 0 spiro atoms. The van der Waals surface area contributed by atoms with Crippen LogP contribution in [0.5, 0.6) is 0 Å². The van der Waals surface area contributed by atoms with E-state index in [9.17, 15) is 9.18 Å².